The maximum Gasteiger partial charge on any atom is 0.408 e. The molecule has 0 radical (unpaired) electrons. The van der Waals surface area contributed by atoms with Crippen LogP contribution in [0.25, 0.3) is 0 Å². The number of nitrogens with zero attached hydrogens (tertiary/aromatic N) is 1. The van der Waals surface area contributed by atoms with Crippen LogP contribution in [0.15, 0.2) is 0 Å². The van der Waals surface area contributed by atoms with E-state index in [4.69, 9.17) is 9.94 Å². The predicted molar refractivity (Wildman–Crippen MR) is 61.0 cm³/mol. The first kappa shape index (κ1) is 15.1. The Bertz CT molecular complexity index is 425. The SMILES string of the molecule is CC(C)(C)OC(=O)NCC(=O)C1CC(=O)N(O)C1=O. The highest BCUT2D eigenvalue weighted by molar-refractivity contribution is 6.13. The monoisotopic (exact) mass is 272 g/mol. The van der Waals surface area contributed by atoms with E-state index in [0.29, 0.717) is 0 Å². The maximum absolute atomic E-state index is 11.6. The summed E-state index contributed by atoms with van der Waals surface area (Å²) in [5, 5.41) is 11.1. The molecule has 1 unspecified atom stereocenters. The van der Waals surface area contributed by atoms with Gasteiger partial charge in [0.05, 0.1) is 6.54 Å². The van der Waals surface area contributed by atoms with E-state index in [-0.39, 0.29) is 11.5 Å². The van der Waals surface area contributed by atoms with Gasteiger partial charge in [-0.2, -0.15) is 5.06 Å². The Hall–Kier alpha value is -1.96. The summed E-state index contributed by atoms with van der Waals surface area (Å²) in [5.41, 5.74) is -0.700. The molecule has 0 saturated carbocycles. The first-order valence-electron chi connectivity index (χ1n) is 5.67. The molecule has 106 valence electrons. The van der Waals surface area contributed by atoms with E-state index < -0.39 is 41.8 Å². The summed E-state index contributed by atoms with van der Waals surface area (Å²) in [6, 6.07) is 0. The van der Waals surface area contributed by atoms with Crippen molar-refractivity contribution >= 4 is 23.7 Å². The summed E-state index contributed by atoms with van der Waals surface area (Å²) in [7, 11) is 0. The van der Waals surface area contributed by atoms with Gasteiger partial charge < -0.3 is 10.1 Å². The Morgan fingerprint density at radius 3 is 2.42 bits per heavy atom. The second-order valence-electron chi connectivity index (χ2n) is 5.12. The third-order valence-corrected chi connectivity index (χ3v) is 2.32. The highest BCUT2D eigenvalue weighted by atomic mass is 16.6. The number of hydroxylamine groups is 2. The van der Waals surface area contributed by atoms with Gasteiger partial charge in [-0.25, -0.2) is 4.79 Å². The number of carbonyl (C=O) groups excluding carboxylic acids is 4. The van der Waals surface area contributed by atoms with Crippen LogP contribution in [0.2, 0.25) is 0 Å². The van der Waals surface area contributed by atoms with Gasteiger partial charge in [0.1, 0.15) is 11.5 Å². The smallest absolute Gasteiger partial charge is 0.408 e. The minimum absolute atomic E-state index is 0.0734. The molecule has 1 rings (SSSR count). The minimum atomic E-state index is -1.24. The lowest BCUT2D eigenvalue weighted by atomic mass is 10.0. The number of Topliss-reactive ketones (excluding diaryl/α,β-unsaturated/α-hetero) is 1. The van der Waals surface area contributed by atoms with Crippen LogP contribution < -0.4 is 5.32 Å². The zero-order valence-corrected chi connectivity index (χ0v) is 10.9. The number of hydrogen-bond donors (Lipinski definition) is 2. The van der Waals surface area contributed by atoms with Gasteiger partial charge in [0.25, 0.3) is 11.8 Å². The van der Waals surface area contributed by atoms with Crippen LogP contribution in [0.3, 0.4) is 0 Å². The summed E-state index contributed by atoms with van der Waals surface area (Å²) in [6.45, 7) is 4.55. The fraction of sp³-hybridized carbons (Fsp3) is 0.636. The maximum atomic E-state index is 11.6. The van der Waals surface area contributed by atoms with E-state index >= 15 is 0 Å². The number of rotatable bonds is 3. The zero-order chi connectivity index (χ0) is 14.8. The van der Waals surface area contributed by atoms with Crippen LogP contribution in [0.5, 0.6) is 0 Å². The van der Waals surface area contributed by atoms with Crippen molar-refractivity contribution in [3.8, 4) is 0 Å². The van der Waals surface area contributed by atoms with E-state index in [1.807, 2.05) is 0 Å². The Balaban J connectivity index is 2.47. The zero-order valence-electron chi connectivity index (χ0n) is 10.9. The second kappa shape index (κ2) is 5.35. The molecule has 1 fully saturated rings. The lowest BCUT2D eigenvalue weighted by Crippen LogP contribution is -2.39. The average Bonchev–Trinajstić information content (AvgIpc) is 2.51. The lowest BCUT2D eigenvalue weighted by Gasteiger charge is -2.19. The largest absolute Gasteiger partial charge is 0.444 e. The Labute approximate surface area is 109 Å². The molecule has 0 aromatic carbocycles. The molecule has 2 N–H and O–H groups in total. The highest BCUT2D eigenvalue weighted by Gasteiger charge is 2.42. The topological polar surface area (TPSA) is 113 Å². The summed E-state index contributed by atoms with van der Waals surface area (Å²) in [4.78, 5) is 45.3. The summed E-state index contributed by atoms with van der Waals surface area (Å²) in [6.07, 6.45) is -1.18. The molecule has 0 aromatic rings. The van der Waals surface area contributed by atoms with Gasteiger partial charge in [0, 0.05) is 6.42 Å². The van der Waals surface area contributed by atoms with Gasteiger partial charge in [-0.05, 0) is 20.8 Å². The Morgan fingerprint density at radius 1 is 1.42 bits per heavy atom. The number of nitrogens with one attached hydrogen (secondary N) is 1. The quantitative estimate of drug-likeness (QED) is 0.419. The molecule has 0 bridgehead atoms. The number of alkyl carbamates (subject to hydrolysis) is 1. The molecule has 8 nitrogen and oxygen atoms in total. The number of carbonyl (C=O) groups is 4. The van der Waals surface area contributed by atoms with E-state index in [1.54, 1.807) is 20.8 Å². The lowest BCUT2D eigenvalue weighted by molar-refractivity contribution is -0.172. The van der Waals surface area contributed by atoms with Gasteiger partial charge in [-0.15, -0.1) is 0 Å². The molecule has 1 heterocycles. The number of hydrogen-bond acceptors (Lipinski definition) is 6. The van der Waals surface area contributed by atoms with Crippen molar-refractivity contribution in [1.29, 1.82) is 0 Å². The van der Waals surface area contributed by atoms with Crippen LogP contribution in [-0.4, -0.2) is 46.1 Å². The number of ketones is 1. The van der Waals surface area contributed by atoms with Crippen LogP contribution in [0.1, 0.15) is 27.2 Å². The molecular formula is C11H16N2O6. The van der Waals surface area contributed by atoms with Gasteiger partial charge >= 0.3 is 6.09 Å². The van der Waals surface area contributed by atoms with Crippen LogP contribution in [0.4, 0.5) is 4.79 Å². The van der Waals surface area contributed by atoms with Gasteiger partial charge in [0.2, 0.25) is 0 Å². The first-order valence-corrected chi connectivity index (χ1v) is 5.67. The van der Waals surface area contributed by atoms with Crippen LogP contribution in [-0.2, 0) is 19.1 Å². The van der Waals surface area contributed by atoms with Crippen molar-refractivity contribution in [3.63, 3.8) is 0 Å². The minimum Gasteiger partial charge on any atom is -0.444 e. The molecule has 0 spiro atoms. The molecule has 0 aromatic heterocycles. The molecule has 8 heteroatoms. The molecule has 19 heavy (non-hydrogen) atoms. The van der Waals surface area contributed by atoms with Crippen molar-refractivity contribution < 1.29 is 29.1 Å². The molecule has 1 aliphatic rings. The van der Waals surface area contributed by atoms with Crippen molar-refractivity contribution in [2.24, 2.45) is 5.92 Å². The predicted octanol–water partition coefficient (Wildman–Crippen LogP) is -0.155. The van der Waals surface area contributed by atoms with E-state index in [9.17, 15) is 19.2 Å². The van der Waals surface area contributed by atoms with Gasteiger partial charge in [0.15, 0.2) is 5.78 Å². The summed E-state index contributed by atoms with van der Waals surface area (Å²) < 4.78 is 4.91. The van der Waals surface area contributed by atoms with Gasteiger partial charge in [-0.1, -0.05) is 0 Å². The number of imide groups is 1. The third kappa shape index (κ3) is 4.02. The molecule has 1 saturated heterocycles. The van der Waals surface area contributed by atoms with E-state index in [0.717, 1.165) is 0 Å². The normalized spacial score (nSPS) is 19.6. The number of ether oxygens (including phenoxy) is 1. The molecule has 3 amide bonds. The highest BCUT2D eigenvalue weighted by Crippen LogP contribution is 2.18. The molecule has 0 aliphatic carbocycles. The van der Waals surface area contributed by atoms with Crippen molar-refractivity contribution in [3.05, 3.63) is 0 Å². The van der Waals surface area contributed by atoms with E-state index in [2.05, 4.69) is 5.32 Å². The summed E-state index contributed by atoms with van der Waals surface area (Å²) >= 11 is 0. The first-order chi connectivity index (χ1) is 8.61. The van der Waals surface area contributed by atoms with Crippen molar-refractivity contribution in [2.75, 3.05) is 6.54 Å². The van der Waals surface area contributed by atoms with Gasteiger partial charge in [-0.3, -0.25) is 19.6 Å². The molecule has 1 aliphatic heterocycles. The molecule has 1 atom stereocenters. The van der Waals surface area contributed by atoms with Crippen molar-refractivity contribution in [1.82, 2.24) is 10.4 Å². The standard InChI is InChI=1S/C11H16N2O6/c1-11(2,3)19-10(17)12-5-7(14)6-4-8(15)13(18)9(6)16/h6,18H,4-5H2,1-3H3,(H,12,17). The number of amides is 3. The summed E-state index contributed by atoms with van der Waals surface area (Å²) in [5.74, 6) is -3.70. The van der Waals surface area contributed by atoms with Crippen molar-refractivity contribution in [2.45, 2.75) is 32.8 Å². The van der Waals surface area contributed by atoms with E-state index in [1.165, 1.54) is 0 Å². The van der Waals surface area contributed by atoms with Crippen LogP contribution in [0, 0.1) is 5.92 Å². The van der Waals surface area contributed by atoms with Crippen LogP contribution >= 0.6 is 0 Å². The third-order valence-electron chi connectivity index (χ3n) is 2.32. The Kier molecular flexibility index (Phi) is 4.25. The second-order valence-corrected chi connectivity index (χ2v) is 5.12. The average molecular weight is 272 g/mol. The molecular weight excluding hydrogens is 256 g/mol. The Morgan fingerprint density at radius 2 is 2.00 bits per heavy atom. The fourth-order valence-electron chi connectivity index (χ4n) is 1.47. The fourth-order valence-corrected chi connectivity index (χ4v) is 1.47.